The Morgan fingerprint density at radius 3 is 2.08 bits per heavy atom. The Morgan fingerprint density at radius 2 is 1.32 bits per heavy atom. The molecule has 0 saturated carbocycles. The minimum absolute atomic E-state index is 0.0862. The molecule has 0 saturated heterocycles. The Bertz CT molecular complexity index is 1020. The molecule has 3 aromatic carbocycles. The van der Waals surface area contributed by atoms with Crippen molar-refractivity contribution in [3.63, 3.8) is 0 Å². The predicted molar refractivity (Wildman–Crippen MR) is 108 cm³/mol. The van der Waals surface area contributed by atoms with E-state index in [0.29, 0.717) is 0 Å². The van der Waals surface area contributed by atoms with Gasteiger partial charge in [0.25, 0.3) is 0 Å². The standard InChI is InChI=1S/C24H23N/c1-24(2,3)20-15-9-7-13-18(20)22-19-14-8-10-16-21(19)25-23(22)17-11-5-4-6-12-17/h4-16,25H,1-3H3. The molecule has 0 fully saturated rings. The van der Waals surface area contributed by atoms with Crippen LogP contribution in [0.4, 0.5) is 0 Å². The molecule has 4 rings (SSSR count). The fraction of sp³-hybridized carbons (Fsp3) is 0.167. The van der Waals surface area contributed by atoms with Gasteiger partial charge in [-0.25, -0.2) is 0 Å². The fourth-order valence-electron chi connectivity index (χ4n) is 3.60. The van der Waals surface area contributed by atoms with E-state index in [4.69, 9.17) is 0 Å². The van der Waals surface area contributed by atoms with Crippen molar-refractivity contribution < 1.29 is 0 Å². The third-order valence-electron chi connectivity index (χ3n) is 4.77. The zero-order valence-corrected chi connectivity index (χ0v) is 15.0. The van der Waals surface area contributed by atoms with Crippen LogP contribution in [-0.2, 0) is 5.41 Å². The summed E-state index contributed by atoms with van der Waals surface area (Å²) in [6, 6.07) is 28.0. The number of rotatable bonds is 2. The van der Waals surface area contributed by atoms with Gasteiger partial charge in [-0.2, -0.15) is 0 Å². The average Bonchev–Trinajstić information content (AvgIpc) is 3.01. The fourth-order valence-corrected chi connectivity index (χ4v) is 3.60. The predicted octanol–water partition coefficient (Wildman–Crippen LogP) is 6.80. The molecular formula is C24H23N. The molecule has 0 aliphatic rings. The highest BCUT2D eigenvalue weighted by molar-refractivity contribution is 6.04. The number of para-hydroxylation sites is 1. The third kappa shape index (κ3) is 2.76. The largest absolute Gasteiger partial charge is 0.354 e. The highest BCUT2D eigenvalue weighted by atomic mass is 14.7. The number of hydrogen-bond acceptors (Lipinski definition) is 0. The van der Waals surface area contributed by atoms with Crippen LogP contribution in [0.5, 0.6) is 0 Å². The van der Waals surface area contributed by atoms with E-state index in [0.717, 1.165) is 0 Å². The van der Waals surface area contributed by atoms with Crippen molar-refractivity contribution in [2.24, 2.45) is 0 Å². The van der Waals surface area contributed by atoms with Crippen molar-refractivity contribution in [2.75, 3.05) is 0 Å². The molecular weight excluding hydrogens is 302 g/mol. The molecule has 0 amide bonds. The average molecular weight is 325 g/mol. The summed E-state index contributed by atoms with van der Waals surface area (Å²) in [6.07, 6.45) is 0. The number of nitrogens with one attached hydrogen (secondary N) is 1. The van der Waals surface area contributed by atoms with Crippen molar-refractivity contribution in [3.05, 3.63) is 84.4 Å². The molecule has 0 aliphatic carbocycles. The summed E-state index contributed by atoms with van der Waals surface area (Å²) < 4.78 is 0. The van der Waals surface area contributed by atoms with Crippen molar-refractivity contribution in [2.45, 2.75) is 26.2 Å². The van der Waals surface area contributed by atoms with Crippen molar-refractivity contribution in [1.82, 2.24) is 4.98 Å². The maximum absolute atomic E-state index is 3.66. The van der Waals surface area contributed by atoms with Crippen LogP contribution in [0.1, 0.15) is 26.3 Å². The van der Waals surface area contributed by atoms with Crippen molar-refractivity contribution in [1.29, 1.82) is 0 Å². The smallest absolute Gasteiger partial charge is 0.0544 e. The second-order valence-corrected chi connectivity index (χ2v) is 7.58. The van der Waals surface area contributed by atoms with Gasteiger partial charge in [0.1, 0.15) is 0 Å². The van der Waals surface area contributed by atoms with Gasteiger partial charge in [-0.3, -0.25) is 0 Å². The van der Waals surface area contributed by atoms with E-state index in [9.17, 15) is 0 Å². The normalized spacial score (nSPS) is 11.8. The number of fused-ring (bicyclic) bond motifs is 1. The molecule has 1 aromatic heterocycles. The Hall–Kier alpha value is -2.80. The molecule has 0 unspecified atom stereocenters. The van der Waals surface area contributed by atoms with Crippen LogP contribution in [0.15, 0.2) is 78.9 Å². The number of H-pyrrole nitrogens is 1. The van der Waals surface area contributed by atoms with E-state index >= 15 is 0 Å². The second-order valence-electron chi connectivity index (χ2n) is 7.58. The molecule has 0 atom stereocenters. The second kappa shape index (κ2) is 5.93. The number of hydrogen-bond donors (Lipinski definition) is 1. The summed E-state index contributed by atoms with van der Waals surface area (Å²) in [5.74, 6) is 0. The lowest BCUT2D eigenvalue weighted by Gasteiger charge is -2.23. The van der Waals surface area contributed by atoms with Crippen LogP contribution in [-0.4, -0.2) is 4.98 Å². The van der Waals surface area contributed by atoms with E-state index in [1.165, 1.54) is 38.9 Å². The quantitative estimate of drug-likeness (QED) is 0.417. The van der Waals surface area contributed by atoms with Gasteiger partial charge in [-0.05, 0) is 28.2 Å². The number of benzene rings is 3. The van der Waals surface area contributed by atoms with E-state index in [-0.39, 0.29) is 5.41 Å². The summed E-state index contributed by atoms with van der Waals surface area (Å²) in [6.45, 7) is 6.84. The topological polar surface area (TPSA) is 15.8 Å². The Balaban J connectivity index is 2.09. The van der Waals surface area contributed by atoms with Gasteiger partial charge >= 0.3 is 0 Å². The summed E-state index contributed by atoms with van der Waals surface area (Å²) in [5, 5.41) is 1.28. The molecule has 124 valence electrons. The molecule has 1 heteroatoms. The van der Waals surface area contributed by atoms with E-state index in [2.05, 4.69) is 105 Å². The maximum Gasteiger partial charge on any atom is 0.0544 e. The van der Waals surface area contributed by atoms with Crippen LogP contribution in [0.25, 0.3) is 33.3 Å². The highest BCUT2D eigenvalue weighted by Gasteiger charge is 2.22. The molecule has 0 spiro atoms. The summed E-state index contributed by atoms with van der Waals surface area (Å²) >= 11 is 0. The molecule has 1 nitrogen and oxygen atoms in total. The maximum atomic E-state index is 3.66. The van der Waals surface area contributed by atoms with Crippen LogP contribution in [0.3, 0.4) is 0 Å². The van der Waals surface area contributed by atoms with Crippen LogP contribution >= 0.6 is 0 Å². The Labute approximate surface area is 149 Å². The first kappa shape index (κ1) is 15.7. The number of aromatic nitrogens is 1. The van der Waals surface area contributed by atoms with Gasteiger partial charge < -0.3 is 4.98 Å². The summed E-state index contributed by atoms with van der Waals surface area (Å²) in [5.41, 5.74) is 7.66. The van der Waals surface area contributed by atoms with E-state index in [1.54, 1.807) is 0 Å². The molecule has 0 bridgehead atoms. The van der Waals surface area contributed by atoms with Gasteiger partial charge in [-0.1, -0.05) is 93.6 Å². The molecule has 4 aromatic rings. The molecule has 1 heterocycles. The van der Waals surface area contributed by atoms with Gasteiger partial charge in [0.15, 0.2) is 0 Å². The minimum Gasteiger partial charge on any atom is -0.354 e. The van der Waals surface area contributed by atoms with E-state index < -0.39 is 0 Å². The first-order chi connectivity index (χ1) is 12.1. The molecule has 1 N–H and O–H groups in total. The Morgan fingerprint density at radius 1 is 0.680 bits per heavy atom. The van der Waals surface area contributed by atoms with Crippen molar-refractivity contribution >= 4 is 10.9 Å². The molecule has 0 radical (unpaired) electrons. The zero-order valence-electron chi connectivity index (χ0n) is 15.0. The van der Waals surface area contributed by atoms with Gasteiger partial charge in [0, 0.05) is 16.5 Å². The summed E-state index contributed by atoms with van der Waals surface area (Å²) in [7, 11) is 0. The molecule has 25 heavy (non-hydrogen) atoms. The third-order valence-corrected chi connectivity index (χ3v) is 4.77. The zero-order chi connectivity index (χ0) is 17.4. The first-order valence-electron chi connectivity index (χ1n) is 8.82. The first-order valence-corrected chi connectivity index (χ1v) is 8.82. The minimum atomic E-state index is 0.0862. The van der Waals surface area contributed by atoms with Gasteiger partial charge in [0.05, 0.1) is 5.69 Å². The van der Waals surface area contributed by atoms with Crippen LogP contribution in [0.2, 0.25) is 0 Å². The molecule has 0 aliphatic heterocycles. The Kier molecular flexibility index (Phi) is 3.73. The highest BCUT2D eigenvalue weighted by Crippen LogP contribution is 2.42. The lowest BCUT2D eigenvalue weighted by Crippen LogP contribution is -2.12. The summed E-state index contributed by atoms with van der Waals surface area (Å²) in [4.78, 5) is 3.66. The monoisotopic (exact) mass is 325 g/mol. The van der Waals surface area contributed by atoms with Gasteiger partial charge in [-0.15, -0.1) is 0 Å². The lowest BCUT2D eigenvalue weighted by atomic mass is 9.81. The van der Waals surface area contributed by atoms with Crippen LogP contribution in [0, 0.1) is 0 Å². The SMILES string of the molecule is CC(C)(C)c1ccccc1-c1c(-c2ccccc2)[nH]c2ccccc12. The van der Waals surface area contributed by atoms with E-state index in [1.807, 2.05) is 0 Å². The lowest BCUT2D eigenvalue weighted by molar-refractivity contribution is 0.592. The van der Waals surface area contributed by atoms with Crippen molar-refractivity contribution in [3.8, 4) is 22.4 Å². The number of aromatic amines is 1. The van der Waals surface area contributed by atoms with Crippen LogP contribution < -0.4 is 0 Å². The van der Waals surface area contributed by atoms with Gasteiger partial charge in [0.2, 0.25) is 0 Å².